The number of rotatable bonds is 1. The Bertz CT molecular complexity index is 529. The summed E-state index contributed by atoms with van der Waals surface area (Å²) in [7, 11) is 0. The van der Waals surface area contributed by atoms with Gasteiger partial charge in [-0.25, -0.2) is 4.98 Å². The number of hydrogen-bond acceptors (Lipinski definition) is 3. The molecule has 0 aromatic carbocycles. The summed E-state index contributed by atoms with van der Waals surface area (Å²) in [6.45, 7) is 3.69. The van der Waals surface area contributed by atoms with Gasteiger partial charge in [0.25, 0.3) is 5.56 Å². The third-order valence-electron chi connectivity index (χ3n) is 2.02. The fourth-order valence-electron chi connectivity index (χ4n) is 1.29. The lowest BCUT2D eigenvalue weighted by Crippen LogP contribution is -2.11. The summed E-state index contributed by atoms with van der Waals surface area (Å²) in [6.07, 6.45) is 0. The van der Waals surface area contributed by atoms with Crippen LogP contribution in [0.15, 0.2) is 10.2 Å². The first kappa shape index (κ1) is 9.68. The molecule has 0 radical (unpaired) electrons. The van der Waals surface area contributed by atoms with Gasteiger partial charge in [0.2, 0.25) is 0 Å². The Hall–Kier alpha value is -0.870. The van der Waals surface area contributed by atoms with Crippen molar-refractivity contribution in [2.24, 2.45) is 0 Å². The molecule has 0 amide bonds. The molecule has 5 heteroatoms. The molecule has 1 atom stereocenters. The maximum absolute atomic E-state index is 11.6. The van der Waals surface area contributed by atoms with Crippen molar-refractivity contribution in [3.05, 3.63) is 27.1 Å². The Morgan fingerprint density at radius 3 is 3.00 bits per heavy atom. The molecule has 14 heavy (non-hydrogen) atoms. The van der Waals surface area contributed by atoms with Crippen LogP contribution in [-0.2, 0) is 0 Å². The number of hydrogen-bond donors (Lipinski definition) is 1. The fourth-order valence-corrected chi connectivity index (χ4v) is 2.33. The molecule has 1 unspecified atom stereocenters. The molecule has 2 aromatic rings. The summed E-state index contributed by atoms with van der Waals surface area (Å²) in [5.41, 5.74) is 0.865. The van der Waals surface area contributed by atoms with Gasteiger partial charge in [0.1, 0.15) is 10.7 Å². The quantitative estimate of drug-likeness (QED) is 0.763. The molecule has 0 saturated heterocycles. The minimum absolute atomic E-state index is 0.101. The van der Waals surface area contributed by atoms with Crippen LogP contribution in [-0.4, -0.2) is 9.97 Å². The van der Waals surface area contributed by atoms with Crippen molar-refractivity contribution in [1.29, 1.82) is 0 Å². The monoisotopic (exact) mass is 228 g/mol. The number of aromatic amines is 1. The second kappa shape index (κ2) is 3.37. The molecule has 0 fully saturated rings. The molecule has 0 spiro atoms. The van der Waals surface area contributed by atoms with Gasteiger partial charge in [-0.1, -0.05) is 0 Å². The number of nitrogens with zero attached hydrogens (tertiary/aromatic N) is 1. The normalized spacial score (nSPS) is 13.4. The number of alkyl halides is 1. The van der Waals surface area contributed by atoms with E-state index < -0.39 is 0 Å². The Balaban J connectivity index is 2.81. The fraction of sp³-hybridized carbons (Fsp3) is 0.333. The van der Waals surface area contributed by atoms with Crippen molar-refractivity contribution in [2.75, 3.05) is 0 Å². The molecule has 0 bridgehead atoms. The van der Waals surface area contributed by atoms with Crippen molar-refractivity contribution in [2.45, 2.75) is 19.2 Å². The molecule has 74 valence electrons. The second-order valence-corrected chi connectivity index (χ2v) is 4.68. The van der Waals surface area contributed by atoms with Gasteiger partial charge < -0.3 is 4.98 Å². The zero-order valence-corrected chi connectivity index (χ0v) is 9.37. The molecule has 1 N–H and O–H groups in total. The highest BCUT2D eigenvalue weighted by Crippen LogP contribution is 2.22. The third-order valence-corrected chi connectivity index (χ3v) is 3.22. The van der Waals surface area contributed by atoms with Crippen molar-refractivity contribution >= 4 is 33.2 Å². The molecule has 2 heterocycles. The van der Waals surface area contributed by atoms with E-state index in [0.29, 0.717) is 11.2 Å². The molecule has 0 saturated carbocycles. The number of thiophene rings is 1. The topological polar surface area (TPSA) is 45.8 Å². The van der Waals surface area contributed by atoms with Gasteiger partial charge in [-0.3, -0.25) is 4.79 Å². The van der Waals surface area contributed by atoms with Crippen molar-refractivity contribution in [3.8, 4) is 0 Å². The summed E-state index contributed by atoms with van der Waals surface area (Å²) >= 11 is 7.32. The highest BCUT2D eigenvalue weighted by atomic mass is 35.5. The largest absolute Gasteiger partial charge is 0.309 e. The highest BCUT2D eigenvalue weighted by Gasteiger charge is 2.10. The number of aryl methyl sites for hydroxylation is 1. The molecular weight excluding hydrogens is 220 g/mol. The number of halogens is 1. The summed E-state index contributed by atoms with van der Waals surface area (Å²) in [5, 5.41) is 2.33. The molecule has 3 nitrogen and oxygen atoms in total. The molecule has 2 aromatic heterocycles. The minimum Gasteiger partial charge on any atom is -0.309 e. The number of fused-ring (bicyclic) bond motifs is 1. The number of aromatic nitrogens is 2. The van der Waals surface area contributed by atoms with E-state index in [4.69, 9.17) is 11.6 Å². The standard InChI is InChI=1S/C9H9ClN2OS/c1-4-3-14-9-6(4)8(13)11-7(12-9)5(2)10/h3,5H,1-2H3,(H,11,12,13). The van der Waals surface area contributed by atoms with E-state index in [-0.39, 0.29) is 10.9 Å². The average molecular weight is 229 g/mol. The maximum atomic E-state index is 11.6. The van der Waals surface area contributed by atoms with E-state index in [0.717, 1.165) is 10.4 Å². The summed E-state index contributed by atoms with van der Waals surface area (Å²) in [6, 6.07) is 0. The van der Waals surface area contributed by atoms with Gasteiger partial charge in [0.05, 0.1) is 10.8 Å². The van der Waals surface area contributed by atoms with Crippen molar-refractivity contribution < 1.29 is 0 Å². The zero-order chi connectivity index (χ0) is 10.3. The first-order valence-corrected chi connectivity index (χ1v) is 5.53. The lowest BCUT2D eigenvalue weighted by Gasteiger charge is -2.01. The maximum Gasteiger partial charge on any atom is 0.259 e. The van der Waals surface area contributed by atoms with Crippen LogP contribution >= 0.6 is 22.9 Å². The number of H-pyrrole nitrogens is 1. The van der Waals surface area contributed by atoms with E-state index in [1.54, 1.807) is 6.92 Å². The van der Waals surface area contributed by atoms with Gasteiger partial charge in [0, 0.05) is 0 Å². The molecular formula is C9H9ClN2OS. The lowest BCUT2D eigenvalue weighted by molar-refractivity contribution is 0.917. The van der Waals surface area contributed by atoms with E-state index in [1.807, 2.05) is 12.3 Å². The van der Waals surface area contributed by atoms with E-state index in [1.165, 1.54) is 11.3 Å². The minimum atomic E-state index is -0.269. The zero-order valence-electron chi connectivity index (χ0n) is 7.80. The predicted octanol–water partition coefficient (Wildman–Crippen LogP) is 2.59. The van der Waals surface area contributed by atoms with Gasteiger partial charge in [-0.15, -0.1) is 22.9 Å². The molecule has 2 rings (SSSR count). The Labute approximate surface area is 89.8 Å². The van der Waals surface area contributed by atoms with E-state index >= 15 is 0 Å². The average Bonchev–Trinajstić information content (AvgIpc) is 2.48. The first-order valence-electron chi connectivity index (χ1n) is 4.21. The van der Waals surface area contributed by atoms with Crippen LogP contribution in [0.25, 0.3) is 10.2 Å². The smallest absolute Gasteiger partial charge is 0.259 e. The van der Waals surface area contributed by atoms with Gasteiger partial charge in [-0.2, -0.15) is 0 Å². The number of nitrogens with one attached hydrogen (secondary N) is 1. The summed E-state index contributed by atoms with van der Waals surface area (Å²) < 4.78 is 0. The predicted molar refractivity (Wildman–Crippen MR) is 59.2 cm³/mol. The van der Waals surface area contributed by atoms with Crippen LogP contribution in [0.1, 0.15) is 23.7 Å². The Morgan fingerprint density at radius 1 is 1.64 bits per heavy atom. The van der Waals surface area contributed by atoms with Crippen LogP contribution in [0.2, 0.25) is 0 Å². The summed E-state index contributed by atoms with van der Waals surface area (Å²) in [5.74, 6) is 0.533. The van der Waals surface area contributed by atoms with Gasteiger partial charge in [0.15, 0.2) is 0 Å². The van der Waals surface area contributed by atoms with Crippen molar-refractivity contribution in [1.82, 2.24) is 9.97 Å². The molecule has 0 aliphatic carbocycles. The second-order valence-electron chi connectivity index (χ2n) is 3.17. The molecule has 0 aliphatic rings. The lowest BCUT2D eigenvalue weighted by atomic mass is 10.3. The van der Waals surface area contributed by atoms with E-state index in [9.17, 15) is 4.79 Å². The van der Waals surface area contributed by atoms with Crippen LogP contribution in [0, 0.1) is 6.92 Å². The SMILES string of the molecule is Cc1csc2nc(C(C)Cl)[nH]c(=O)c12. The van der Waals surface area contributed by atoms with Crippen LogP contribution < -0.4 is 5.56 Å². The first-order chi connectivity index (χ1) is 6.59. The van der Waals surface area contributed by atoms with E-state index in [2.05, 4.69) is 9.97 Å². The van der Waals surface area contributed by atoms with Crippen LogP contribution in [0.5, 0.6) is 0 Å². The van der Waals surface area contributed by atoms with Crippen molar-refractivity contribution in [3.63, 3.8) is 0 Å². The Kier molecular flexibility index (Phi) is 2.33. The highest BCUT2D eigenvalue weighted by molar-refractivity contribution is 7.16. The summed E-state index contributed by atoms with van der Waals surface area (Å²) in [4.78, 5) is 19.4. The molecule has 0 aliphatic heterocycles. The van der Waals surface area contributed by atoms with Gasteiger partial charge in [-0.05, 0) is 24.8 Å². The van der Waals surface area contributed by atoms with Crippen LogP contribution in [0.4, 0.5) is 0 Å². The Morgan fingerprint density at radius 2 is 2.36 bits per heavy atom. The van der Waals surface area contributed by atoms with Gasteiger partial charge >= 0.3 is 0 Å². The van der Waals surface area contributed by atoms with Crippen LogP contribution in [0.3, 0.4) is 0 Å². The third kappa shape index (κ3) is 1.44.